The van der Waals surface area contributed by atoms with Crippen LogP contribution in [0.5, 0.6) is 0 Å². The average Bonchev–Trinajstić information content (AvgIpc) is 2.84. The summed E-state index contributed by atoms with van der Waals surface area (Å²) in [7, 11) is 0. The van der Waals surface area contributed by atoms with Gasteiger partial charge in [-0.15, -0.1) is 0 Å². The maximum absolute atomic E-state index is 12.5. The van der Waals surface area contributed by atoms with Crippen LogP contribution >= 0.6 is 11.3 Å². The molecule has 1 atom stereocenters. The van der Waals surface area contributed by atoms with E-state index in [0.29, 0.717) is 5.56 Å². The third kappa shape index (κ3) is 2.16. The fourth-order valence-corrected chi connectivity index (χ4v) is 2.40. The van der Waals surface area contributed by atoms with Gasteiger partial charge in [-0.1, -0.05) is 0 Å². The van der Waals surface area contributed by atoms with Gasteiger partial charge in [-0.2, -0.15) is 24.5 Å². The first-order chi connectivity index (χ1) is 7.83. The SMILES string of the molecule is O=C(c1ccsc1)N1CCC(O)(C(F)(F)F)C1. The van der Waals surface area contributed by atoms with Crippen molar-refractivity contribution in [1.29, 1.82) is 0 Å². The van der Waals surface area contributed by atoms with E-state index in [-0.39, 0.29) is 6.54 Å². The van der Waals surface area contributed by atoms with Crippen molar-refractivity contribution >= 4 is 17.2 Å². The Labute approximate surface area is 99.5 Å². The highest BCUT2D eigenvalue weighted by molar-refractivity contribution is 7.08. The molecule has 0 spiro atoms. The summed E-state index contributed by atoms with van der Waals surface area (Å²) >= 11 is 1.30. The number of carbonyl (C=O) groups excluding carboxylic acids is 1. The van der Waals surface area contributed by atoms with E-state index >= 15 is 0 Å². The lowest BCUT2D eigenvalue weighted by molar-refractivity contribution is -0.253. The van der Waals surface area contributed by atoms with Crippen molar-refractivity contribution < 1.29 is 23.1 Å². The van der Waals surface area contributed by atoms with Crippen LogP contribution in [0.2, 0.25) is 0 Å². The minimum atomic E-state index is -4.70. The number of halogens is 3. The van der Waals surface area contributed by atoms with Gasteiger partial charge in [-0.25, -0.2) is 0 Å². The van der Waals surface area contributed by atoms with Crippen LogP contribution in [0.3, 0.4) is 0 Å². The molecule has 1 amide bonds. The Bertz CT molecular complexity index is 418. The first-order valence-electron chi connectivity index (χ1n) is 4.94. The molecule has 94 valence electrons. The van der Waals surface area contributed by atoms with Crippen LogP contribution in [-0.2, 0) is 0 Å². The van der Waals surface area contributed by atoms with E-state index in [1.807, 2.05) is 0 Å². The Kier molecular flexibility index (Phi) is 2.90. The van der Waals surface area contributed by atoms with Crippen molar-refractivity contribution in [2.45, 2.75) is 18.2 Å². The molecule has 7 heteroatoms. The summed E-state index contributed by atoms with van der Waals surface area (Å²) in [5.41, 5.74) is -2.40. The number of rotatable bonds is 1. The van der Waals surface area contributed by atoms with Gasteiger partial charge in [0.25, 0.3) is 5.91 Å². The smallest absolute Gasteiger partial charge is 0.379 e. The average molecular weight is 265 g/mol. The number of alkyl halides is 3. The Hall–Kier alpha value is -1.08. The highest BCUT2D eigenvalue weighted by Gasteiger charge is 2.57. The van der Waals surface area contributed by atoms with E-state index in [4.69, 9.17) is 0 Å². The first kappa shape index (κ1) is 12.4. The van der Waals surface area contributed by atoms with E-state index in [1.165, 1.54) is 11.3 Å². The highest BCUT2D eigenvalue weighted by atomic mass is 32.1. The monoisotopic (exact) mass is 265 g/mol. The molecule has 1 fully saturated rings. The van der Waals surface area contributed by atoms with E-state index in [2.05, 4.69) is 0 Å². The molecule has 1 aromatic rings. The van der Waals surface area contributed by atoms with E-state index in [9.17, 15) is 23.1 Å². The van der Waals surface area contributed by atoms with E-state index in [0.717, 1.165) is 4.90 Å². The number of carbonyl (C=O) groups is 1. The zero-order valence-corrected chi connectivity index (χ0v) is 9.51. The van der Waals surface area contributed by atoms with Crippen molar-refractivity contribution in [3.05, 3.63) is 22.4 Å². The maximum atomic E-state index is 12.5. The molecule has 2 rings (SSSR count). The van der Waals surface area contributed by atoms with Crippen LogP contribution in [0.15, 0.2) is 16.8 Å². The topological polar surface area (TPSA) is 40.5 Å². The third-order valence-electron chi connectivity index (χ3n) is 2.83. The molecule has 1 saturated heterocycles. The van der Waals surface area contributed by atoms with Gasteiger partial charge in [0.15, 0.2) is 5.60 Å². The van der Waals surface area contributed by atoms with E-state index in [1.54, 1.807) is 16.8 Å². The first-order valence-corrected chi connectivity index (χ1v) is 5.88. The summed E-state index contributed by atoms with van der Waals surface area (Å²) in [4.78, 5) is 12.8. The molecule has 1 aliphatic heterocycles. The zero-order chi connectivity index (χ0) is 12.7. The van der Waals surface area contributed by atoms with E-state index < -0.39 is 30.7 Å². The summed E-state index contributed by atoms with van der Waals surface area (Å²) in [6, 6.07) is 1.55. The van der Waals surface area contributed by atoms with Gasteiger partial charge < -0.3 is 10.0 Å². The molecule has 2 heterocycles. The third-order valence-corrected chi connectivity index (χ3v) is 3.51. The zero-order valence-electron chi connectivity index (χ0n) is 8.70. The Morgan fingerprint density at radius 1 is 1.53 bits per heavy atom. The summed E-state index contributed by atoms with van der Waals surface area (Å²) < 4.78 is 37.6. The van der Waals surface area contributed by atoms with Crippen LogP contribution in [0.1, 0.15) is 16.8 Å². The van der Waals surface area contributed by atoms with Crippen molar-refractivity contribution in [3.63, 3.8) is 0 Å². The molecule has 0 radical (unpaired) electrons. The molecule has 0 bridgehead atoms. The fourth-order valence-electron chi connectivity index (χ4n) is 1.77. The number of hydrogen-bond acceptors (Lipinski definition) is 3. The number of likely N-dealkylation sites (tertiary alicyclic amines) is 1. The molecule has 1 unspecified atom stereocenters. The molecule has 0 saturated carbocycles. The standard InChI is InChI=1S/C10H10F3NO2S/c11-10(12,13)9(16)2-3-14(6-9)8(15)7-1-4-17-5-7/h1,4-5,16H,2-3,6H2. The van der Waals surface area contributed by atoms with Gasteiger partial charge in [0.05, 0.1) is 12.1 Å². The second-order valence-corrected chi connectivity index (χ2v) is 4.80. The van der Waals surface area contributed by atoms with Crippen LogP contribution in [0, 0.1) is 0 Å². The van der Waals surface area contributed by atoms with Gasteiger partial charge in [0, 0.05) is 18.3 Å². The lowest BCUT2D eigenvalue weighted by atomic mass is 10.0. The molecule has 3 nitrogen and oxygen atoms in total. The summed E-state index contributed by atoms with van der Waals surface area (Å²) in [5.74, 6) is -0.466. The van der Waals surface area contributed by atoms with Gasteiger partial charge in [0.2, 0.25) is 0 Å². The Morgan fingerprint density at radius 2 is 2.24 bits per heavy atom. The summed E-state index contributed by atoms with van der Waals surface area (Å²) in [5, 5.41) is 12.7. The second-order valence-electron chi connectivity index (χ2n) is 4.02. The lowest BCUT2D eigenvalue weighted by Crippen LogP contribution is -2.48. The summed E-state index contributed by atoms with van der Waals surface area (Å²) in [6.07, 6.45) is -5.16. The van der Waals surface area contributed by atoms with Gasteiger partial charge in [-0.3, -0.25) is 4.79 Å². The molecular weight excluding hydrogens is 255 g/mol. The number of amides is 1. The minimum Gasteiger partial charge on any atom is -0.379 e. The maximum Gasteiger partial charge on any atom is 0.419 e. The van der Waals surface area contributed by atoms with Crippen molar-refractivity contribution in [1.82, 2.24) is 4.90 Å². The summed E-state index contributed by atoms with van der Waals surface area (Å²) in [6.45, 7) is -0.768. The molecule has 0 aliphatic carbocycles. The van der Waals surface area contributed by atoms with Crippen LogP contribution in [0.25, 0.3) is 0 Å². The normalized spacial score (nSPS) is 25.3. The Balaban J connectivity index is 2.11. The fraction of sp³-hybridized carbons (Fsp3) is 0.500. The largest absolute Gasteiger partial charge is 0.419 e. The number of thiophene rings is 1. The number of aliphatic hydroxyl groups is 1. The Morgan fingerprint density at radius 3 is 2.71 bits per heavy atom. The van der Waals surface area contributed by atoms with Crippen LogP contribution < -0.4 is 0 Å². The minimum absolute atomic E-state index is 0.0787. The molecule has 17 heavy (non-hydrogen) atoms. The van der Waals surface area contributed by atoms with Crippen LogP contribution in [0.4, 0.5) is 13.2 Å². The molecule has 0 aromatic carbocycles. The van der Waals surface area contributed by atoms with Crippen molar-refractivity contribution in [2.24, 2.45) is 0 Å². The van der Waals surface area contributed by atoms with Gasteiger partial charge >= 0.3 is 6.18 Å². The van der Waals surface area contributed by atoms with Gasteiger partial charge in [-0.05, 0) is 11.4 Å². The van der Waals surface area contributed by atoms with Crippen molar-refractivity contribution in [2.75, 3.05) is 13.1 Å². The predicted molar refractivity (Wildman–Crippen MR) is 55.8 cm³/mol. The lowest BCUT2D eigenvalue weighted by Gasteiger charge is -2.25. The van der Waals surface area contributed by atoms with Crippen LogP contribution in [-0.4, -0.2) is 40.8 Å². The molecular formula is C10H10F3NO2S. The van der Waals surface area contributed by atoms with Crippen molar-refractivity contribution in [3.8, 4) is 0 Å². The quantitative estimate of drug-likeness (QED) is 0.842. The number of nitrogens with zero attached hydrogens (tertiary/aromatic N) is 1. The number of β-amino-alcohol motifs (C(OH)–C–C–N with tert-alkyl or cyclic N) is 1. The molecule has 1 N–H and O–H groups in total. The molecule has 1 aliphatic rings. The second kappa shape index (κ2) is 3.99. The predicted octanol–water partition coefficient (Wildman–Crippen LogP) is 1.89. The highest BCUT2D eigenvalue weighted by Crippen LogP contribution is 2.38. The molecule has 1 aromatic heterocycles. The number of hydrogen-bond donors (Lipinski definition) is 1. The van der Waals surface area contributed by atoms with Gasteiger partial charge in [0.1, 0.15) is 0 Å².